The van der Waals surface area contributed by atoms with Gasteiger partial charge in [0.2, 0.25) is 0 Å². The van der Waals surface area contributed by atoms with Crippen molar-refractivity contribution >= 4 is 11.8 Å². The highest BCUT2D eigenvalue weighted by Crippen LogP contribution is 2.15. The van der Waals surface area contributed by atoms with Gasteiger partial charge in [-0.2, -0.15) is 0 Å². The molecule has 1 N–H and O–H groups in total. The van der Waals surface area contributed by atoms with Gasteiger partial charge >= 0.3 is 0 Å². The van der Waals surface area contributed by atoms with Crippen molar-refractivity contribution in [1.82, 2.24) is 15.3 Å². The Bertz CT molecular complexity index is 342. The van der Waals surface area contributed by atoms with Crippen LogP contribution in [0, 0.1) is 0 Å². The molecular weight excluding hydrogens is 234 g/mol. The fourth-order valence-electron chi connectivity index (χ4n) is 1.99. The molecule has 4 nitrogen and oxygen atoms in total. The average molecular weight is 253 g/mol. The molecule has 0 unspecified atom stereocenters. The summed E-state index contributed by atoms with van der Waals surface area (Å²) in [6.07, 6.45) is 9.26. The summed E-state index contributed by atoms with van der Waals surface area (Å²) in [5.41, 5.74) is 0.941. The van der Waals surface area contributed by atoms with Crippen LogP contribution in [0.2, 0.25) is 0 Å². The maximum Gasteiger partial charge on any atom is 0.120 e. The highest BCUT2D eigenvalue weighted by molar-refractivity contribution is 7.98. The topological polar surface area (TPSA) is 47.0 Å². The first-order valence-electron chi connectivity index (χ1n) is 6.05. The zero-order chi connectivity index (χ0) is 11.9. The van der Waals surface area contributed by atoms with Gasteiger partial charge in [-0.3, -0.25) is 4.98 Å². The summed E-state index contributed by atoms with van der Waals surface area (Å²) in [6.45, 7) is 2.45. The van der Waals surface area contributed by atoms with E-state index in [1.807, 2.05) is 6.26 Å². The maximum atomic E-state index is 5.72. The predicted octanol–water partition coefficient (Wildman–Crippen LogP) is 1.86. The van der Waals surface area contributed by atoms with Gasteiger partial charge in [0.15, 0.2) is 0 Å². The first-order valence-corrected chi connectivity index (χ1v) is 7.27. The molecule has 94 valence electrons. The minimum atomic E-state index is 0.512. The summed E-state index contributed by atoms with van der Waals surface area (Å²) in [5, 5.41) is 4.43. The Morgan fingerprint density at radius 2 is 2.29 bits per heavy atom. The van der Waals surface area contributed by atoms with Crippen LogP contribution in [0.1, 0.15) is 25.0 Å². The third kappa shape index (κ3) is 3.94. The number of ether oxygens (including phenoxy) is 1. The summed E-state index contributed by atoms with van der Waals surface area (Å²) in [6, 6.07) is 0.512. The number of piperidine rings is 1. The summed E-state index contributed by atoms with van der Waals surface area (Å²) in [5.74, 6) is 0. The lowest BCUT2D eigenvalue weighted by Gasteiger charge is -2.23. The molecule has 17 heavy (non-hydrogen) atoms. The van der Waals surface area contributed by atoms with Crippen molar-refractivity contribution in [2.24, 2.45) is 0 Å². The summed E-state index contributed by atoms with van der Waals surface area (Å²) in [4.78, 5) is 8.57. The van der Waals surface area contributed by atoms with Crippen LogP contribution in [0.4, 0.5) is 0 Å². The molecule has 0 amide bonds. The van der Waals surface area contributed by atoms with Crippen LogP contribution in [0.5, 0.6) is 0 Å². The predicted molar refractivity (Wildman–Crippen MR) is 69.1 cm³/mol. The molecular formula is C12H19N3OS. The molecule has 0 aromatic carbocycles. The van der Waals surface area contributed by atoms with Crippen LogP contribution < -0.4 is 5.32 Å². The molecule has 1 aliphatic heterocycles. The van der Waals surface area contributed by atoms with Gasteiger partial charge in [-0.15, -0.1) is 11.8 Å². The second-order valence-corrected chi connectivity index (χ2v) is 4.97. The third-order valence-electron chi connectivity index (χ3n) is 2.90. The fourth-order valence-corrected chi connectivity index (χ4v) is 2.50. The van der Waals surface area contributed by atoms with E-state index in [1.54, 1.807) is 24.2 Å². The Labute approximate surface area is 107 Å². The minimum Gasteiger partial charge on any atom is -0.373 e. The van der Waals surface area contributed by atoms with Crippen molar-refractivity contribution < 1.29 is 4.74 Å². The Balaban J connectivity index is 1.77. The molecule has 1 fully saturated rings. The van der Waals surface area contributed by atoms with Crippen molar-refractivity contribution in [1.29, 1.82) is 0 Å². The standard InChI is InChI=1S/C12H19N3OS/c1-17-12-11(14-6-7-15-12)9-16-8-10-4-2-3-5-13-10/h6-7,10,13H,2-5,8-9H2,1H3/t10-/m1/s1. The first-order chi connectivity index (χ1) is 8.40. The zero-order valence-electron chi connectivity index (χ0n) is 10.2. The number of aromatic nitrogens is 2. The SMILES string of the molecule is CSc1nccnc1COC[C@H]1CCCCN1. The van der Waals surface area contributed by atoms with Crippen LogP contribution in [0.15, 0.2) is 17.4 Å². The highest BCUT2D eigenvalue weighted by atomic mass is 32.2. The first kappa shape index (κ1) is 12.8. The molecule has 1 aromatic heterocycles. The van der Waals surface area contributed by atoms with Crippen LogP contribution in [0.3, 0.4) is 0 Å². The molecule has 1 aromatic rings. The van der Waals surface area contributed by atoms with E-state index in [0.29, 0.717) is 12.6 Å². The van der Waals surface area contributed by atoms with Crippen molar-refractivity contribution in [2.45, 2.75) is 36.9 Å². The van der Waals surface area contributed by atoms with Gasteiger partial charge < -0.3 is 10.1 Å². The lowest BCUT2D eigenvalue weighted by molar-refractivity contribution is 0.0873. The smallest absolute Gasteiger partial charge is 0.120 e. The number of nitrogens with one attached hydrogen (secondary N) is 1. The van der Waals surface area contributed by atoms with E-state index in [2.05, 4.69) is 15.3 Å². The lowest BCUT2D eigenvalue weighted by atomic mass is 10.1. The molecule has 0 bridgehead atoms. The molecule has 2 rings (SSSR count). The van der Waals surface area contributed by atoms with Gasteiger partial charge in [-0.1, -0.05) is 6.42 Å². The lowest BCUT2D eigenvalue weighted by Crippen LogP contribution is -2.37. The molecule has 0 saturated carbocycles. The Morgan fingerprint density at radius 3 is 3.06 bits per heavy atom. The summed E-state index contributed by atoms with van der Waals surface area (Å²) in [7, 11) is 0. The number of hydrogen-bond acceptors (Lipinski definition) is 5. The normalized spacial score (nSPS) is 20.4. The minimum absolute atomic E-state index is 0.512. The largest absolute Gasteiger partial charge is 0.373 e. The molecule has 5 heteroatoms. The van der Waals surface area contributed by atoms with E-state index < -0.39 is 0 Å². The number of rotatable bonds is 5. The van der Waals surface area contributed by atoms with Gasteiger partial charge in [-0.05, 0) is 25.6 Å². The second kappa shape index (κ2) is 6.93. The average Bonchev–Trinajstić information content (AvgIpc) is 2.40. The van der Waals surface area contributed by atoms with Gasteiger partial charge in [0.25, 0.3) is 0 Å². The van der Waals surface area contributed by atoms with Crippen molar-refractivity contribution in [2.75, 3.05) is 19.4 Å². The molecule has 0 radical (unpaired) electrons. The van der Waals surface area contributed by atoms with E-state index in [1.165, 1.54) is 19.3 Å². The van der Waals surface area contributed by atoms with Gasteiger partial charge in [-0.25, -0.2) is 4.98 Å². The molecule has 1 saturated heterocycles. The third-order valence-corrected chi connectivity index (χ3v) is 3.63. The van der Waals surface area contributed by atoms with Crippen LogP contribution in [0.25, 0.3) is 0 Å². The highest BCUT2D eigenvalue weighted by Gasteiger charge is 2.13. The van der Waals surface area contributed by atoms with E-state index in [-0.39, 0.29) is 0 Å². The van der Waals surface area contributed by atoms with E-state index in [0.717, 1.165) is 23.9 Å². The summed E-state index contributed by atoms with van der Waals surface area (Å²) >= 11 is 1.61. The van der Waals surface area contributed by atoms with Crippen molar-refractivity contribution in [3.63, 3.8) is 0 Å². The Morgan fingerprint density at radius 1 is 1.41 bits per heavy atom. The Hall–Kier alpha value is -0.650. The quantitative estimate of drug-likeness (QED) is 0.812. The van der Waals surface area contributed by atoms with Crippen LogP contribution >= 0.6 is 11.8 Å². The monoisotopic (exact) mass is 253 g/mol. The van der Waals surface area contributed by atoms with E-state index in [4.69, 9.17) is 4.74 Å². The second-order valence-electron chi connectivity index (χ2n) is 4.17. The number of nitrogens with zero attached hydrogens (tertiary/aromatic N) is 2. The molecule has 1 aliphatic rings. The number of hydrogen-bond donors (Lipinski definition) is 1. The van der Waals surface area contributed by atoms with Gasteiger partial charge in [0, 0.05) is 18.4 Å². The van der Waals surface area contributed by atoms with Crippen LogP contribution in [-0.2, 0) is 11.3 Å². The molecule has 0 spiro atoms. The summed E-state index contributed by atoms with van der Waals surface area (Å²) < 4.78 is 5.72. The Kier molecular flexibility index (Phi) is 5.22. The zero-order valence-corrected chi connectivity index (χ0v) is 11.0. The van der Waals surface area contributed by atoms with Gasteiger partial charge in [0.1, 0.15) is 5.03 Å². The molecule has 2 heterocycles. The fraction of sp³-hybridized carbons (Fsp3) is 0.667. The maximum absolute atomic E-state index is 5.72. The van der Waals surface area contributed by atoms with E-state index in [9.17, 15) is 0 Å². The number of thioether (sulfide) groups is 1. The van der Waals surface area contributed by atoms with Gasteiger partial charge in [0.05, 0.1) is 18.9 Å². The molecule has 1 atom stereocenters. The van der Waals surface area contributed by atoms with E-state index >= 15 is 0 Å². The molecule has 0 aliphatic carbocycles. The van der Waals surface area contributed by atoms with Crippen molar-refractivity contribution in [3.8, 4) is 0 Å². The van der Waals surface area contributed by atoms with Crippen LogP contribution in [-0.4, -0.2) is 35.4 Å². The van der Waals surface area contributed by atoms with Crippen molar-refractivity contribution in [3.05, 3.63) is 18.1 Å².